The number of nitriles is 1. The Morgan fingerprint density at radius 1 is 1.06 bits per heavy atom. The highest BCUT2D eigenvalue weighted by atomic mass is 16.7. The van der Waals surface area contributed by atoms with Crippen molar-refractivity contribution < 1.29 is 19.0 Å². The van der Waals surface area contributed by atoms with Gasteiger partial charge < -0.3 is 14.2 Å². The lowest BCUT2D eigenvalue weighted by Gasteiger charge is -2.12. The zero-order valence-electron chi connectivity index (χ0n) is 17.7. The van der Waals surface area contributed by atoms with Crippen LogP contribution >= 0.6 is 0 Å². The van der Waals surface area contributed by atoms with E-state index in [0.29, 0.717) is 41.5 Å². The first-order chi connectivity index (χ1) is 15.6. The average Bonchev–Trinajstić information content (AvgIpc) is 3.17. The van der Waals surface area contributed by atoms with E-state index in [2.05, 4.69) is 15.8 Å². The van der Waals surface area contributed by atoms with Gasteiger partial charge in [0.25, 0.3) is 6.01 Å². The minimum Gasteiger partial charge on any atom is -0.465 e. The standard InChI is InChI=1S/C25H21N3O4/c1-3-31-24-27-21-9-6-10-22(32-25(29)30-2)23(21)28(24)16-17-11-13-18(14-12-17)20-8-5-4-7-19(20)15-26/h4-14H,3,16H2,1-2H3. The van der Waals surface area contributed by atoms with Crippen molar-refractivity contribution in [2.24, 2.45) is 0 Å². The van der Waals surface area contributed by atoms with E-state index in [1.165, 1.54) is 7.11 Å². The molecule has 0 N–H and O–H groups in total. The molecule has 0 bridgehead atoms. The molecule has 0 aliphatic carbocycles. The van der Waals surface area contributed by atoms with E-state index in [-0.39, 0.29) is 0 Å². The molecule has 4 rings (SSSR count). The van der Waals surface area contributed by atoms with E-state index in [9.17, 15) is 10.1 Å². The van der Waals surface area contributed by atoms with E-state index in [4.69, 9.17) is 9.47 Å². The molecule has 1 heterocycles. The normalized spacial score (nSPS) is 10.5. The van der Waals surface area contributed by atoms with Gasteiger partial charge in [0.1, 0.15) is 5.52 Å². The number of methoxy groups -OCH3 is 1. The topological polar surface area (TPSA) is 86.4 Å². The van der Waals surface area contributed by atoms with E-state index in [0.717, 1.165) is 16.7 Å². The number of rotatable bonds is 6. The molecule has 0 amide bonds. The lowest BCUT2D eigenvalue weighted by molar-refractivity contribution is 0.122. The summed E-state index contributed by atoms with van der Waals surface area (Å²) >= 11 is 0. The van der Waals surface area contributed by atoms with Gasteiger partial charge in [-0.2, -0.15) is 10.2 Å². The Kier molecular flexibility index (Phi) is 6.04. The first-order valence-corrected chi connectivity index (χ1v) is 10.1. The lowest BCUT2D eigenvalue weighted by atomic mass is 9.99. The van der Waals surface area contributed by atoms with Crippen LogP contribution in [0, 0.1) is 11.3 Å². The monoisotopic (exact) mass is 427 g/mol. The van der Waals surface area contributed by atoms with Gasteiger partial charge in [0.05, 0.1) is 37.4 Å². The number of fused-ring (bicyclic) bond motifs is 1. The van der Waals surface area contributed by atoms with Gasteiger partial charge in [0, 0.05) is 0 Å². The maximum atomic E-state index is 11.7. The van der Waals surface area contributed by atoms with Crippen molar-refractivity contribution in [2.75, 3.05) is 13.7 Å². The highest BCUT2D eigenvalue weighted by Crippen LogP contribution is 2.31. The number of nitrogens with zero attached hydrogens (tertiary/aromatic N) is 3. The third kappa shape index (κ3) is 4.12. The fourth-order valence-corrected chi connectivity index (χ4v) is 3.54. The predicted molar refractivity (Wildman–Crippen MR) is 120 cm³/mol. The lowest BCUT2D eigenvalue weighted by Crippen LogP contribution is -2.10. The SMILES string of the molecule is CCOc1nc2cccc(OC(=O)OC)c2n1Cc1ccc(-c2ccccc2C#N)cc1. The molecule has 0 saturated carbocycles. The van der Waals surface area contributed by atoms with Crippen molar-refractivity contribution >= 4 is 17.2 Å². The van der Waals surface area contributed by atoms with Gasteiger partial charge in [-0.1, -0.05) is 48.5 Å². The molecule has 0 spiro atoms. The van der Waals surface area contributed by atoms with Crippen LogP contribution < -0.4 is 9.47 Å². The minimum absolute atomic E-state index is 0.340. The Balaban J connectivity index is 1.72. The van der Waals surface area contributed by atoms with Crippen LogP contribution in [0.2, 0.25) is 0 Å². The number of carbonyl (C=O) groups excluding carboxylic acids is 1. The number of benzene rings is 3. The van der Waals surface area contributed by atoms with Gasteiger partial charge >= 0.3 is 6.16 Å². The summed E-state index contributed by atoms with van der Waals surface area (Å²) < 4.78 is 17.6. The maximum absolute atomic E-state index is 11.7. The van der Waals surface area contributed by atoms with Gasteiger partial charge in [0.15, 0.2) is 5.75 Å². The number of ether oxygens (including phenoxy) is 3. The number of carbonyl (C=O) groups is 1. The number of hydrogen-bond donors (Lipinski definition) is 0. The molecule has 3 aromatic carbocycles. The van der Waals surface area contributed by atoms with Crippen LogP contribution in [-0.2, 0) is 11.3 Å². The molecule has 160 valence electrons. The predicted octanol–water partition coefficient (Wildman–Crippen LogP) is 5.17. The summed E-state index contributed by atoms with van der Waals surface area (Å²) in [6.07, 6.45) is -0.802. The third-order valence-corrected chi connectivity index (χ3v) is 4.98. The van der Waals surface area contributed by atoms with Crippen LogP contribution in [0.3, 0.4) is 0 Å². The summed E-state index contributed by atoms with van der Waals surface area (Å²) in [5, 5.41) is 9.37. The average molecular weight is 427 g/mol. The Hall–Kier alpha value is -4.31. The molecule has 7 nitrogen and oxygen atoms in total. The maximum Gasteiger partial charge on any atom is 0.513 e. The second-order valence-corrected chi connectivity index (χ2v) is 6.95. The minimum atomic E-state index is -0.802. The van der Waals surface area contributed by atoms with Crippen molar-refractivity contribution in [3.05, 3.63) is 77.9 Å². The van der Waals surface area contributed by atoms with E-state index in [1.807, 2.05) is 60.0 Å². The van der Waals surface area contributed by atoms with Gasteiger partial charge in [-0.3, -0.25) is 4.57 Å². The van der Waals surface area contributed by atoms with Gasteiger partial charge in [-0.05, 0) is 41.8 Å². The fraction of sp³-hybridized carbons (Fsp3) is 0.160. The Bertz CT molecular complexity index is 1300. The molecule has 4 aromatic rings. The van der Waals surface area contributed by atoms with E-state index in [1.54, 1.807) is 18.2 Å². The van der Waals surface area contributed by atoms with Crippen molar-refractivity contribution in [2.45, 2.75) is 13.5 Å². The van der Waals surface area contributed by atoms with Crippen molar-refractivity contribution in [1.82, 2.24) is 9.55 Å². The molecule has 32 heavy (non-hydrogen) atoms. The van der Waals surface area contributed by atoms with Crippen LogP contribution in [0.15, 0.2) is 66.7 Å². The van der Waals surface area contributed by atoms with E-state index >= 15 is 0 Å². The second kappa shape index (κ2) is 9.23. The first kappa shape index (κ1) is 20.9. The molecular weight excluding hydrogens is 406 g/mol. The second-order valence-electron chi connectivity index (χ2n) is 6.95. The van der Waals surface area contributed by atoms with Crippen LogP contribution in [0.25, 0.3) is 22.2 Å². The largest absolute Gasteiger partial charge is 0.513 e. The van der Waals surface area contributed by atoms with Crippen molar-refractivity contribution in [3.63, 3.8) is 0 Å². The summed E-state index contributed by atoms with van der Waals surface area (Å²) in [5.74, 6) is 0.340. The molecule has 0 radical (unpaired) electrons. The van der Waals surface area contributed by atoms with Gasteiger partial charge in [-0.15, -0.1) is 0 Å². The third-order valence-electron chi connectivity index (χ3n) is 4.98. The zero-order chi connectivity index (χ0) is 22.5. The highest BCUT2D eigenvalue weighted by molar-refractivity contribution is 5.85. The van der Waals surface area contributed by atoms with E-state index < -0.39 is 6.16 Å². The Morgan fingerprint density at radius 3 is 2.56 bits per heavy atom. The number of hydrogen-bond acceptors (Lipinski definition) is 6. The smallest absolute Gasteiger partial charge is 0.465 e. The number of aromatic nitrogens is 2. The molecule has 1 aromatic heterocycles. The van der Waals surface area contributed by atoms with Crippen LogP contribution in [0.5, 0.6) is 11.8 Å². The highest BCUT2D eigenvalue weighted by Gasteiger charge is 2.18. The summed E-state index contributed by atoms with van der Waals surface area (Å²) in [7, 11) is 1.26. The van der Waals surface area contributed by atoms with Crippen LogP contribution in [0.1, 0.15) is 18.1 Å². The number of imidazole rings is 1. The molecule has 0 aliphatic heterocycles. The molecule has 0 unspecified atom stereocenters. The summed E-state index contributed by atoms with van der Waals surface area (Å²) in [4.78, 5) is 16.3. The van der Waals surface area contributed by atoms with Crippen molar-refractivity contribution in [1.29, 1.82) is 5.26 Å². The molecular formula is C25H21N3O4. The molecule has 0 atom stereocenters. The van der Waals surface area contributed by atoms with Crippen LogP contribution in [-0.4, -0.2) is 29.4 Å². The molecule has 7 heteroatoms. The summed E-state index contributed by atoms with van der Waals surface area (Å²) in [6.45, 7) is 2.78. The molecule has 0 saturated heterocycles. The van der Waals surface area contributed by atoms with Gasteiger partial charge in [-0.25, -0.2) is 4.79 Å². The zero-order valence-corrected chi connectivity index (χ0v) is 17.7. The summed E-state index contributed by atoms with van der Waals surface area (Å²) in [6, 6.07) is 23.4. The Labute approximate surface area is 185 Å². The van der Waals surface area contributed by atoms with Crippen LogP contribution in [0.4, 0.5) is 4.79 Å². The number of para-hydroxylation sites is 1. The molecule has 0 aliphatic rings. The fourth-order valence-electron chi connectivity index (χ4n) is 3.54. The molecule has 0 fully saturated rings. The summed E-state index contributed by atoms with van der Waals surface area (Å²) in [5.41, 5.74) is 4.76. The van der Waals surface area contributed by atoms with Gasteiger partial charge in [0.2, 0.25) is 0 Å². The van der Waals surface area contributed by atoms with Crippen molar-refractivity contribution in [3.8, 4) is 29.0 Å². The quantitative estimate of drug-likeness (QED) is 0.312. The Morgan fingerprint density at radius 2 is 1.84 bits per heavy atom. The first-order valence-electron chi connectivity index (χ1n) is 10.1.